The molecule has 2 aliphatic rings. The molecule has 3 heterocycles. The Morgan fingerprint density at radius 1 is 1.40 bits per heavy atom. The molecular weight excluding hydrogens is 270 g/mol. The summed E-state index contributed by atoms with van der Waals surface area (Å²) in [6, 6.07) is 5.90. The van der Waals surface area contributed by atoms with Crippen molar-refractivity contribution in [2.45, 2.75) is 43.8 Å². The van der Waals surface area contributed by atoms with Crippen molar-refractivity contribution in [1.82, 2.24) is 4.98 Å². The molecule has 3 nitrogen and oxygen atoms in total. The molecule has 0 aromatic carbocycles. The first kappa shape index (κ1) is 14.4. The first-order valence-electron chi connectivity index (χ1n) is 7.57. The molecular formula is C16H23NO2S. The Morgan fingerprint density at radius 3 is 3.00 bits per heavy atom. The van der Waals surface area contributed by atoms with Gasteiger partial charge in [0, 0.05) is 24.9 Å². The maximum absolute atomic E-state index is 10.5. The standard InChI is InChI=1S/C16H23NO2S/c18-15(11-14-3-1-2-7-17-14)13-4-8-19-16(12-13)5-9-20-10-6-16/h1-3,7,13,15,18H,4-6,8-12H2. The molecule has 1 aromatic heterocycles. The van der Waals surface area contributed by atoms with Gasteiger partial charge in [0.25, 0.3) is 0 Å². The number of aliphatic hydroxyl groups excluding tert-OH is 1. The van der Waals surface area contributed by atoms with E-state index < -0.39 is 0 Å². The molecule has 4 heteroatoms. The number of ether oxygens (including phenoxy) is 1. The summed E-state index contributed by atoms with van der Waals surface area (Å²) in [7, 11) is 0. The lowest BCUT2D eigenvalue weighted by atomic mass is 9.78. The van der Waals surface area contributed by atoms with Crippen LogP contribution in [0.25, 0.3) is 0 Å². The SMILES string of the molecule is OC(Cc1ccccn1)C1CCOC2(CCSCC2)C1. The average Bonchev–Trinajstić information content (AvgIpc) is 2.49. The van der Waals surface area contributed by atoms with Gasteiger partial charge in [-0.1, -0.05) is 6.07 Å². The van der Waals surface area contributed by atoms with Crippen LogP contribution in [0.5, 0.6) is 0 Å². The number of rotatable bonds is 3. The van der Waals surface area contributed by atoms with Gasteiger partial charge in [0.15, 0.2) is 0 Å². The molecule has 2 atom stereocenters. The molecule has 0 aliphatic carbocycles. The average molecular weight is 293 g/mol. The third-order valence-corrected chi connectivity index (χ3v) is 5.61. The highest BCUT2D eigenvalue weighted by atomic mass is 32.2. The second-order valence-electron chi connectivity index (χ2n) is 5.99. The summed E-state index contributed by atoms with van der Waals surface area (Å²) in [6.07, 6.45) is 6.45. The minimum absolute atomic E-state index is 0.0548. The number of aromatic nitrogens is 1. The van der Waals surface area contributed by atoms with Crippen LogP contribution in [0.2, 0.25) is 0 Å². The fourth-order valence-electron chi connectivity index (χ4n) is 3.39. The van der Waals surface area contributed by atoms with Gasteiger partial charge in [-0.15, -0.1) is 0 Å². The van der Waals surface area contributed by atoms with Crippen LogP contribution in [-0.4, -0.2) is 39.9 Å². The first-order valence-corrected chi connectivity index (χ1v) is 8.73. The Labute approximate surface area is 125 Å². The summed E-state index contributed by atoms with van der Waals surface area (Å²) >= 11 is 2.02. The minimum Gasteiger partial charge on any atom is -0.392 e. The Kier molecular flexibility index (Phi) is 4.64. The van der Waals surface area contributed by atoms with E-state index >= 15 is 0 Å². The van der Waals surface area contributed by atoms with Crippen LogP contribution in [0.3, 0.4) is 0 Å². The largest absolute Gasteiger partial charge is 0.392 e. The quantitative estimate of drug-likeness (QED) is 0.930. The molecule has 0 saturated carbocycles. The molecule has 3 rings (SSSR count). The molecule has 2 fully saturated rings. The normalized spacial score (nSPS) is 27.4. The Bertz CT molecular complexity index is 414. The predicted octanol–water partition coefficient (Wildman–Crippen LogP) is 2.68. The second-order valence-corrected chi connectivity index (χ2v) is 7.21. The van der Waals surface area contributed by atoms with Crippen LogP contribution in [0.1, 0.15) is 31.4 Å². The molecule has 1 spiro atoms. The van der Waals surface area contributed by atoms with E-state index in [1.54, 1.807) is 6.20 Å². The second kappa shape index (κ2) is 6.46. The molecule has 20 heavy (non-hydrogen) atoms. The lowest BCUT2D eigenvalue weighted by Gasteiger charge is -2.44. The summed E-state index contributed by atoms with van der Waals surface area (Å²) in [5, 5.41) is 10.5. The van der Waals surface area contributed by atoms with Gasteiger partial charge < -0.3 is 9.84 Å². The number of nitrogens with zero attached hydrogens (tertiary/aromatic N) is 1. The van der Waals surface area contributed by atoms with E-state index in [0.29, 0.717) is 12.3 Å². The van der Waals surface area contributed by atoms with Crippen LogP contribution in [-0.2, 0) is 11.2 Å². The zero-order valence-corrected chi connectivity index (χ0v) is 12.6. The first-order chi connectivity index (χ1) is 9.77. The molecule has 110 valence electrons. The molecule has 0 radical (unpaired) electrons. The van der Waals surface area contributed by atoms with E-state index in [-0.39, 0.29) is 11.7 Å². The highest BCUT2D eigenvalue weighted by Gasteiger charge is 2.40. The van der Waals surface area contributed by atoms with Crippen LogP contribution in [0, 0.1) is 5.92 Å². The fourth-order valence-corrected chi connectivity index (χ4v) is 4.62. The molecule has 2 unspecified atom stereocenters. The lowest BCUT2D eigenvalue weighted by Crippen LogP contribution is -2.45. The van der Waals surface area contributed by atoms with Crippen LogP contribution < -0.4 is 0 Å². The van der Waals surface area contributed by atoms with Gasteiger partial charge in [0.2, 0.25) is 0 Å². The summed E-state index contributed by atoms with van der Waals surface area (Å²) in [5.74, 6) is 2.75. The van der Waals surface area contributed by atoms with E-state index in [2.05, 4.69) is 4.98 Å². The summed E-state index contributed by atoms with van der Waals surface area (Å²) in [5.41, 5.74) is 1.04. The highest BCUT2D eigenvalue weighted by molar-refractivity contribution is 7.99. The van der Waals surface area contributed by atoms with Gasteiger partial charge in [-0.3, -0.25) is 4.98 Å². The summed E-state index contributed by atoms with van der Waals surface area (Å²) in [6.45, 7) is 0.800. The van der Waals surface area contributed by atoms with Gasteiger partial charge in [-0.2, -0.15) is 11.8 Å². The van der Waals surface area contributed by atoms with Crippen molar-refractivity contribution in [2.75, 3.05) is 18.1 Å². The number of hydrogen-bond acceptors (Lipinski definition) is 4. The Balaban J connectivity index is 1.61. The van der Waals surface area contributed by atoms with E-state index in [1.165, 1.54) is 11.5 Å². The van der Waals surface area contributed by atoms with Gasteiger partial charge in [0.1, 0.15) is 0 Å². The van der Waals surface area contributed by atoms with Gasteiger partial charge in [-0.25, -0.2) is 0 Å². The molecule has 0 bridgehead atoms. The van der Waals surface area contributed by atoms with E-state index in [4.69, 9.17) is 4.74 Å². The third kappa shape index (κ3) is 3.35. The zero-order valence-electron chi connectivity index (χ0n) is 11.8. The van der Waals surface area contributed by atoms with Crippen molar-refractivity contribution < 1.29 is 9.84 Å². The number of pyridine rings is 1. The molecule has 2 aliphatic heterocycles. The molecule has 0 amide bonds. The molecule has 2 saturated heterocycles. The topological polar surface area (TPSA) is 42.4 Å². The fraction of sp³-hybridized carbons (Fsp3) is 0.688. The van der Waals surface area contributed by atoms with Gasteiger partial charge in [0.05, 0.1) is 11.7 Å². The van der Waals surface area contributed by atoms with Crippen molar-refractivity contribution in [3.63, 3.8) is 0 Å². The summed E-state index contributed by atoms with van der Waals surface area (Å²) < 4.78 is 6.10. The van der Waals surface area contributed by atoms with E-state index in [1.807, 2.05) is 30.0 Å². The Morgan fingerprint density at radius 2 is 2.25 bits per heavy atom. The smallest absolute Gasteiger partial charge is 0.0701 e. The van der Waals surface area contributed by atoms with Gasteiger partial charge >= 0.3 is 0 Å². The van der Waals surface area contributed by atoms with Crippen LogP contribution in [0.15, 0.2) is 24.4 Å². The van der Waals surface area contributed by atoms with Crippen molar-refractivity contribution in [3.05, 3.63) is 30.1 Å². The zero-order chi connectivity index (χ0) is 13.8. The maximum atomic E-state index is 10.5. The van der Waals surface area contributed by atoms with Crippen LogP contribution >= 0.6 is 11.8 Å². The monoisotopic (exact) mass is 293 g/mol. The number of aliphatic hydroxyl groups is 1. The van der Waals surface area contributed by atoms with Crippen molar-refractivity contribution in [3.8, 4) is 0 Å². The predicted molar refractivity (Wildman–Crippen MR) is 81.9 cm³/mol. The van der Waals surface area contributed by atoms with Crippen molar-refractivity contribution in [2.24, 2.45) is 5.92 Å². The Hall–Kier alpha value is -0.580. The summed E-state index contributed by atoms with van der Waals surface area (Å²) in [4.78, 5) is 4.32. The highest BCUT2D eigenvalue weighted by Crippen LogP contribution is 2.40. The molecule has 1 aromatic rings. The van der Waals surface area contributed by atoms with Gasteiger partial charge in [-0.05, 0) is 55.2 Å². The van der Waals surface area contributed by atoms with E-state index in [9.17, 15) is 5.11 Å². The molecule has 1 N–H and O–H groups in total. The van der Waals surface area contributed by atoms with Crippen molar-refractivity contribution >= 4 is 11.8 Å². The maximum Gasteiger partial charge on any atom is 0.0701 e. The van der Waals surface area contributed by atoms with Crippen LogP contribution in [0.4, 0.5) is 0 Å². The number of hydrogen-bond donors (Lipinski definition) is 1. The number of thioether (sulfide) groups is 1. The minimum atomic E-state index is -0.291. The van der Waals surface area contributed by atoms with E-state index in [0.717, 1.165) is 38.0 Å². The van der Waals surface area contributed by atoms with Crippen molar-refractivity contribution in [1.29, 1.82) is 0 Å². The lowest BCUT2D eigenvalue weighted by molar-refractivity contribution is -0.120. The third-order valence-electron chi connectivity index (χ3n) is 4.62.